The fraction of sp³-hybridized carbons (Fsp3) is 0.471. The molecule has 1 aromatic carbocycles. The first-order valence-electron chi connectivity index (χ1n) is 8.22. The number of anilines is 2. The van der Waals surface area contributed by atoms with Gasteiger partial charge in [-0.1, -0.05) is 55.5 Å². The molecule has 0 unspecified atom stereocenters. The molecule has 2 aromatic rings. The van der Waals surface area contributed by atoms with E-state index in [4.69, 9.17) is 0 Å². The Morgan fingerprint density at radius 1 is 1.25 bits per heavy atom. The van der Waals surface area contributed by atoms with E-state index in [0.717, 1.165) is 34.4 Å². The molecule has 1 atom stereocenters. The van der Waals surface area contributed by atoms with Gasteiger partial charge in [-0.2, -0.15) is 0 Å². The van der Waals surface area contributed by atoms with Gasteiger partial charge in [0.15, 0.2) is 4.34 Å². The van der Waals surface area contributed by atoms with E-state index in [9.17, 15) is 4.79 Å². The minimum atomic E-state index is 0.0424. The van der Waals surface area contributed by atoms with Gasteiger partial charge >= 0.3 is 0 Å². The molecule has 0 saturated carbocycles. The molecule has 1 aromatic heterocycles. The van der Waals surface area contributed by atoms with Crippen molar-refractivity contribution in [1.29, 1.82) is 0 Å². The van der Waals surface area contributed by atoms with Crippen LogP contribution in [-0.2, 0) is 11.2 Å². The third-order valence-corrected chi connectivity index (χ3v) is 5.45. The normalized spacial score (nSPS) is 12.0. The summed E-state index contributed by atoms with van der Waals surface area (Å²) in [5, 5.41) is 15.2. The molecule has 1 heterocycles. The van der Waals surface area contributed by atoms with Gasteiger partial charge in [0.1, 0.15) is 0 Å². The molecule has 24 heavy (non-hydrogen) atoms. The van der Waals surface area contributed by atoms with Crippen molar-refractivity contribution in [2.45, 2.75) is 50.4 Å². The third kappa shape index (κ3) is 6.13. The van der Waals surface area contributed by atoms with E-state index in [1.54, 1.807) is 0 Å². The van der Waals surface area contributed by atoms with Crippen LogP contribution in [0, 0.1) is 0 Å². The fourth-order valence-electron chi connectivity index (χ4n) is 2.21. The molecule has 1 amide bonds. The van der Waals surface area contributed by atoms with Crippen molar-refractivity contribution < 1.29 is 4.79 Å². The average molecular weight is 365 g/mol. The van der Waals surface area contributed by atoms with Gasteiger partial charge in [-0.3, -0.25) is 4.79 Å². The summed E-state index contributed by atoms with van der Waals surface area (Å²) < 4.78 is 0.793. The second-order valence-corrected chi connectivity index (χ2v) is 7.79. The number of rotatable bonds is 9. The summed E-state index contributed by atoms with van der Waals surface area (Å²) in [7, 11) is 0. The highest BCUT2D eigenvalue weighted by atomic mass is 32.2. The van der Waals surface area contributed by atoms with E-state index in [0.29, 0.717) is 5.75 Å². The van der Waals surface area contributed by atoms with Crippen LogP contribution in [0.5, 0.6) is 0 Å². The summed E-state index contributed by atoms with van der Waals surface area (Å²) >= 11 is 2.88. The zero-order valence-corrected chi connectivity index (χ0v) is 16.0. The van der Waals surface area contributed by atoms with Crippen molar-refractivity contribution in [3.8, 4) is 0 Å². The summed E-state index contributed by atoms with van der Waals surface area (Å²) in [6.07, 6.45) is 3.10. The first-order chi connectivity index (χ1) is 11.6. The van der Waals surface area contributed by atoms with Gasteiger partial charge in [0.2, 0.25) is 11.0 Å². The predicted octanol–water partition coefficient (Wildman–Crippen LogP) is 4.24. The number of hydrogen-bond acceptors (Lipinski definition) is 6. The van der Waals surface area contributed by atoms with Gasteiger partial charge in [-0.15, -0.1) is 10.2 Å². The number of nitrogens with zero attached hydrogens (tertiary/aromatic N) is 2. The van der Waals surface area contributed by atoms with E-state index >= 15 is 0 Å². The number of nitrogens with one attached hydrogen (secondary N) is 2. The zero-order chi connectivity index (χ0) is 17.4. The fourth-order valence-corrected chi connectivity index (χ4v) is 3.80. The summed E-state index contributed by atoms with van der Waals surface area (Å²) in [5.74, 6) is 0.411. The number of aryl methyl sites for hydroxylation is 1. The Hall–Kier alpha value is -1.60. The highest BCUT2D eigenvalue weighted by molar-refractivity contribution is 8.01. The SMILES string of the molecule is CCC[C@H](C)NC(=O)CSc1nnc(Nc2ccc(CC)cc2)s1. The first-order valence-corrected chi connectivity index (χ1v) is 10.0. The van der Waals surface area contributed by atoms with Crippen LogP contribution >= 0.6 is 23.1 Å². The zero-order valence-electron chi connectivity index (χ0n) is 14.3. The number of carbonyl (C=O) groups excluding carboxylic acids is 1. The lowest BCUT2D eigenvalue weighted by Gasteiger charge is -2.11. The Kier molecular flexibility index (Phi) is 7.52. The second-order valence-electron chi connectivity index (χ2n) is 5.59. The second kappa shape index (κ2) is 9.64. The Morgan fingerprint density at radius 3 is 2.67 bits per heavy atom. The molecule has 0 spiro atoms. The summed E-state index contributed by atoms with van der Waals surface area (Å²) in [5.41, 5.74) is 2.29. The Bertz CT molecular complexity index is 642. The van der Waals surface area contributed by atoms with Crippen LogP contribution in [0.25, 0.3) is 0 Å². The standard InChI is InChI=1S/C17H24N4OS2/c1-4-6-12(3)18-15(22)11-23-17-21-20-16(24-17)19-14-9-7-13(5-2)8-10-14/h7-10,12H,4-6,11H2,1-3H3,(H,18,22)(H,19,20)/t12-/m0/s1. The molecule has 0 aliphatic rings. The molecular weight excluding hydrogens is 340 g/mol. The van der Waals surface area contributed by atoms with Crippen LogP contribution in [0.2, 0.25) is 0 Å². The van der Waals surface area contributed by atoms with Crippen LogP contribution < -0.4 is 10.6 Å². The maximum absolute atomic E-state index is 11.9. The molecule has 2 rings (SSSR count). The van der Waals surface area contributed by atoms with Gasteiger partial charge in [0.05, 0.1) is 5.75 Å². The van der Waals surface area contributed by atoms with Crippen LogP contribution in [0.1, 0.15) is 39.2 Å². The average Bonchev–Trinajstić information content (AvgIpc) is 3.01. The highest BCUT2D eigenvalue weighted by Gasteiger charge is 2.10. The summed E-state index contributed by atoms with van der Waals surface area (Å²) in [4.78, 5) is 11.9. The third-order valence-electron chi connectivity index (χ3n) is 3.48. The van der Waals surface area contributed by atoms with Crippen LogP contribution in [0.3, 0.4) is 0 Å². The smallest absolute Gasteiger partial charge is 0.230 e. The molecule has 0 fully saturated rings. The van der Waals surface area contributed by atoms with Crippen molar-refractivity contribution in [2.24, 2.45) is 0 Å². The Morgan fingerprint density at radius 2 is 2.00 bits per heavy atom. The predicted molar refractivity (Wildman–Crippen MR) is 102 cm³/mol. The first kappa shape index (κ1) is 18.7. The molecular formula is C17H24N4OS2. The summed E-state index contributed by atoms with van der Waals surface area (Å²) in [6, 6.07) is 8.49. The number of amides is 1. The van der Waals surface area contributed by atoms with Gasteiger partial charge < -0.3 is 10.6 Å². The topological polar surface area (TPSA) is 66.9 Å². The van der Waals surface area contributed by atoms with E-state index in [-0.39, 0.29) is 11.9 Å². The Labute approximate surface area is 151 Å². The van der Waals surface area contributed by atoms with Crippen molar-refractivity contribution in [2.75, 3.05) is 11.1 Å². The quantitative estimate of drug-likeness (QED) is 0.652. The lowest BCUT2D eigenvalue weighted by molar-refractivity contribution is -0.119. The molecule has 0 radical (unpaired) electrons. The molecule has 5 nitrogen and oxygen atoms in total. The number of hydrogen-bond donors (Lipinski definition) is 2. The molecule has 0 bridgehead atoms. The van der Waals surface area contributed by atoms with E-state index in [2.05, 4.69) is 46.8 Å². The molecule has 2 N–H and O–H groups in total. The largest absolute Gasteiger partial charge is 0.353 e. The minimum Gasteiger partial charge on any atom is -0.353 e. The molecule has 7 heteroatoms. The van der Waals surface area contributed by atoms with E-state index in [1.807, 2.05) is 19.1 Å². The number of carbonyl (C=O) groups is 1. The maximum atomic E-state index is 11.9. The highest BCUT2D eigenvalue weighted by Crippen LogP contribution is 2.27. The van der Waals surface area contributed by atoms with Crippen LogP contribution in [0.4, 0.5) is 10.8 Å². The monoisotopic (exact) mass is 364 g/mol. The van der Waals surface area contributed by atoms with Crippen LogP contribution in [-0.4, -0.2) is 27.9 Å². The van der Waals surface area contributed by atoms with Gasteiger partial charge in [-0.25, -0.2) is 0 Å². The van der Waals surface area contributed by atoms with E-state index in [1.165, 1.54) is 28.7 Å². The van der Waals surface area contributed by atoms with Crippen molar-refractivity contribution in [3.63, 3.8) is 0 Å². The van der Waals surface area contributed by atoms with Gasteiger partial charge in [0, 0.05) is 11.7 Å². The van der Waals surface area contributed by atoms with Crippen LogP contribution in [0.15, 0.2) is 28.6 Å². The van der Waals surface area contributed by atoms with Gasteiger partial charge in [-0.05, 0) is 37.5 Å². The lowest BCUT2D eigenvalue weighted by Crippen LogP contribution is -2.33. The number of thioether (sulfide) groups is 1. The maximum Gasteiger partial charge on any atom is 0.230 e. The van der Waals surface area contributed by atoms with E-state index < -0.39 is 0 Å². The number of benzene rings is 1. The molecule has 0 aliphatic heterocycles. The van der Waals surface area contributed by atoms with Gasteiger partial charge in [0.25, 0.3) is 0 Å². The molecule has 130 valence electrons. The number of aromatic nitrogens is 2. The van der Waals surface area contributed by atoms with Crippen molar-refractivity contribution in [3.05, 3.63) is 29.8 Å². The minimum absolute atomic E-state index is 0.0424. The molecule has 0 aliphatic carbocycles. The summed E-state index contributed by atoms with van der Waals surface area (Å²) in [6.45, 7) is 6.28. The van der Waals surface area contributed by atoms with Crippen molar-refractivity contribution >= 4 is 39.8 Å². The Balaban J connectivity index is 1.81. The van der Waals surface area contributed by atoms with Crippen molar-refractivity contribution in [1.82, 2.24) is 15.5 Å². The molecule has 0 saturated heterocycles. The lowest BCUT2D eigenvalue weighted by atomic mass is 10.1.